The van der Waals surface area contributed by atoms with Gasteiger partial charge in [0.15, 0.2) is 0 Å². The fourth-order valence-electron chi connectivity index (χ4n) is 4.84. The summed E-state index contributed by atoms with van der Waals surface area (Å²) in [4.78, 5) is 12.9. The van der Waals surface area contributed by atoms with E-state index < -0.39 is 5.60 Å². The second kappa shape index (κ2) is 9.06. The van der Waals surface area contributed by atoms with E-state index in [1.807, 2.05) is 12.1 Å². The molecule has 0 saturated heterocycles. The van der Waals surface area contributed by atoms with Crippen LogP contribution in [0.1, 0.15) is 64.4 Å². The number of amides is 1. The van der Waals surface area contributed by atoms with Gasteiger partial charge < -0.3 is 20.9 Å². The summed E-state index contributed by atoms with van der Waals surface area (Å²) in [5.74, 6) is 0.857. The minimum absolute atomic E-state index is 0.134. The zero-order valence-electron chi connectivity index (χ0n) is 18.2. The van der Waals surface area contributed by atoms with E-state index >= 15 is 0 Å². The van der Waals surface area contributed by atoms with Crippen molar-refractivity contribution in [2.75, 3.05) is 19.7 Å². The van der Waals surface area contributed by atoms with Crippen molar-refractivity contribution in [3.05, 3.63) is 41.7 Å². The quantitative estimate of drug-likeness (QED) is 0.570. The SMILES string of the molecule is CC(C)(O)CCNC(=O)C12CCC(c3ccc(OCC(=CF)CN)cc3)(CC1)CC2. The minimum atomic E-state index is -0.761. The zero-order chi connectivity index (χ0) is 21.8. The van der Waals surface area contributed by atoms with E-state index in [4.69, 9.17) is 10.5 Å². The van der Waals surface area contributed by atoms with Crippen LogP contribution >= 0.6 is 0 Å². The van der Waals surface area contributed by atoms with Crippen LogP contribution in [0.5, 0.6) is 5.75 Å². The smallest absolute Gasteiger partial charge is 0.226 e. The molecule has 0 spiro atoms. The molecule has 30 heavy (non-hydrogen) atoms. The third-order valence-electron chi connectivity index (χ3n) is 7.06. The number of carbonyl (C=O) groups is 1. The number of fused-ring (bicyclic) bond motifs is 3. The van der Waals surface area contributed by atoms with Gasteiger partial charge in [-0.05, 0) is 81.9 Å². The molecule has 0 unspecified atom stereocenters. The molecule has 1 aromatic rings. The Morgan fingerprint density at radius 2 is 1.80 bits per heavy atom. The monoisotopic (exact) mass is 418 g/mol. The summed E-state index contributed by atoms with van der Waals surface area (Å²) in [6, 6.07) is 8.10. The maximum Gasteiger partial charge on any atom is 0.226 e. The summed E-state index contributed by atoms with van der Waals surface area (Å²) in [6.07, 6.45) is 6.80. The van der Waals surface area contributed by atoms with Gasteiger partial charge in [-0.3, -0.25) is 4.79 Å². The van der Waals surface area contributed by atoms with E-state index in [1.54, 1.807) is 13.8 Å². The molecule has 4 rings (SSSR count). The predicted molar refractivity (Wildman–Crippen MR) is 116 cm³/mol. The molecule has 0 atom stereocenters. The maximum absolute atomic E-state index is 12.9. The second-order valence-electron chi connectivity index (χ2n) is 9.66. The molecule has 5 nitrogen and oxygen atoms in total. The maximum atomic E-state index is 12.9. The van der Waals surface area contributed by atoms with Crippen molar-refractivity contribution in [3.63, 3.8) is 0 Å². The molecule has 0 aliphatic heterocycles. The highest BCUT2D eigenvalue weighted by Gasteiger charge is 2.52. The van der Waals surface area contributed by atoms with E-state index in [0.29, 0.717) is 30.6 Å². The Morgan fingerprint density at radius 3 is 2.30 bits per heavy atom. The summed E-state index contributed by atoms with van der Waals surface area (Å²) in [5.41, 5.74) is 6.31. The van der Waals surface area contributed by atoms with Crippen LogP contribution in [0.4, 0.5) is 4.39 Å². The van der Waals surface area contributed by atoms with Gasteiger partial charge in [0.1, 0.15) is 12.4 Å². The van der Waals surface area contributed by atoms with Crippen LogP contribution in [0, 0.1) is 5.41 Å². The molecule has 0 heterocycles. The van der Waals surface area contributed by atoms with Gasteiger partial charge in [-0.1, -0.05) is 12.1 Å². The Kier molecular flexibility index (Phi) is 6.88. The molecule has 0 aromatic heterocycles. The minimum Gasteiger partial charge on any atom is -0.489 e. The van der Waals surface area contributed by atoms with E-state index in [-0.39, 0.29) is 29.9 Å². The molecule has 3 fully saturated rings. The number of nitrogens with two attached hydrogens (primary N) is 1. The van der Waals surface area contributed by atoms with Gasteiger partial charge in [-0.25, -0.2) is 4.39 Å². The van der Waals surface area contributed by atoms with Crippen molar-refractivity contribution in [1.29, 1.82) is 0 Å². The number of ether oxygens (including phenoxy) is 1. The number of benzene rings is 1. The topological polar surface area (TPSA) is 84.6 Å². The predicted octanol–water partition coefficient (Wildman–Crippen LogP) is 3.75. The largest absolute Gasteiger partial charge is 0.489 e. The number of halogens is 1. The fraction of sp³-hybridized carbons (Fsp3) is 0.625. The van der Waals surface area contributed by atoms with E-state index in [9.17, 15) is 14.3 Å². The summed E-state index contributed by atoms with van der Waals surface area (Å²) in [6.45, 7) is 4.34. The Hall–Kier alpha value is -1.92. The van der Waals surface area contributed by atoms with Gasteiger partial charge in [0.25, 0.3) is 0 Å². The average Bonchev–Trinajstić information content (AvgIpc) is 2.75. The molecule has 1 aromatic carbocycles. The van der Waals surface area contributed by atoms with Crippen LogP contribution in [0.2, 0.25) is 0 Å². The van der Waals surface area contributed by atoms with Crippen LogP contribution in [0.3, 0.4) is 0 Å². The molecular formula is C24H35FN2O3. The summed E-state index contributed by atoms with van der Waals surface area (Å²) >= 11 is 0. The Balaban J connectivity index is 1.57. The molecule has 3 aliphatic carbocycles. The van der Waals surface area contributed by atoms with Crippen molar-refractivity contribution in [3.8, 4) is 5.75 Å². The number of aliphatic hydroxyl groups is 1. The van der Waals surface area contributed by atoms with Crippen LogP contribution in [-0.4, -0.2) is 36.3 Å². The van der Waals surface area contributed by atoms with Gasteiger partial charge in [-0.2, -0.15) is 0 Å². The molecule has 4 N–H and O–H groups in total. The first-order chi connectivity index (χ1) is 14.2. The van der Waals surface area contributed by atoms with Gasteiger partial charge in [0.05, 0.1) is 11.9 Å². The molecule has 166 valence electrons. The van der Waals surface area contributed by atoms with E-state index in [2.05, 4.69) is 17.4 Å². The van der Waals surface area contributed by atoms with Crippen LogP contribution in [-0.2, 0) is 10.2 Å². The molecule has 1 amide bonds. The Morgan fingerprint density at radius 1 is 1.20 bits per heavy atom. The standard InChI is InChI=1S/C24H35FN2O3/c1-22(2,29)13-14-27-21(28)24-10-7-23(8-11-24,9-12-24)19-3-5-20(6-4-19)30-17-18(15-25)16-26/h3-6,15,29H,7-14,16-17,26H2,1-2H3,(H,27,28). The number of rotatable bonds is 9. The number of hydrogen-bond acceptors (Lipinski definition) is 4. The third-order valence-corrected chi connectivity index (χ3v) is 7.06. The van der Waals surface area contributed by atoms with Gasteiger partial charge in [-0.15, -0.1) is 0 Å². The lowest BCUT2D eigenvalue weighted by atomic mass is 9.51. The number of carbonyl (C=O) groups excluding carboxylic acids is 1. The summed E-state index contributed by atoms with van der Waals surface area (Å²) < 4.78 is 18.2. The fourth-order valence-corrected chi connectivity index (χ4v) is 4.84. The average molecular weight is 419 g/mol. The van der Waals surface area contributed by atoms with Crippen LogP contribution < -0.4 is 15.8 Å². The molecule has 6 heteroatoms. The lowest BCUT2D eigenvalue weighted by Crippen LogP contribution is -2.52. The second-order valence-corrected chi connectivity index (χ2v) is 9.66. The van der Waals surface area contributed by atoms with E-state index in [0.717, 1.165) is 38.5 Å². The van der Waals surface area contributed by atoms with Gasteiger partial charge >= 0.3 is 0 Å². The van der Waals surface area contributed by atoms with Crippen molar-refractivity contribution >= 4 is 5.91 Å². The van der Waals surface area contributed by atoms with Crippen LogP contribution in [0.15, 0.2) is 36.2 Å². The van der Waals surface area contributed by atoms with Gasteiger partial charge in [0.2, 0.25) is 5.91 Å². The van der Waals surface area contributed by atoms with Crippen molar-refractivity contribution in [2.45, 2.75) is 69.8 Å². The van der Waals surface area contributed by atoms with Crippen LogP contribution in [0.25, 0.3) is 0 Å². The Labute approximate surface area is 178 Å². The Bertz CT molecular complexity index is 743. The highest BCUT2D eigenvalue weighted by Crippen LogP contribution is 2.57. The van der Waals surface area contributed by atoms with Gasteiger partial charge in [0, 0.05) is 24.1 Å². The summed E-state index contributed by atoms with van der Waals surface area (Å²) in [5, 5.41) is 12.9. The lowest BCUT2D eigenvalue weighted by Gasteiger charge is -2.52. The first kappa shape index (κ1) is 22.8. The lowest BCUT2D eigenvalue weighted by molar-refractivity contribution is -0.138. The van der Waals surface area contributed by atoms with Crippen molar-refractivity contribution < 1.29 is 19.0 Å². The number of nitrogens with one attached hydrogen (secondary N) is 1. The normalized spacial score (nSPS) is 26.5. The first-order valence-corrected chi connectivity index (χ1v) is 10.9. The highest BCUT2D eigenvalue weighted by molar-refractivity contribution is 5.83. The zero-order valence-corrected chi connectivity index (χ0v) is 18.2. The third kappa shape index (κ3) is 5.03. The van der Waals surface area contributed by atoms with Crippen molar-refractivity contribution in [2.24, 2.45) is 11.1 Å². The van der Waals surface area contributed by atoms with Crippen molar-refractivity contribution in [1.82, 2.24) is 5.32 Å². The molecule has 2 bridgehead atoms. The molecular weight excluding hydrogens is 383 g/mol. The number of hydrogen-bond donors (Lipinski definition) is 3. The molecule has 3 aliphatic rings. The first-order valence-electron chi connectivity index (χ1n) is 10.9. The highest BCUT2D eigenvalue weighted by atomic mass is 19.1. The molecule has 3 saturated carbocycles. The molecule has 0 radical (unpaired) electrons. The summed E-state index contributed by atoms with van der Waals surface area (Å²) in [7, 11) is 0. The van der Waals surface area contributed by atoms with E-state index in [1.165, 1.54) is 5.56 Å².